The first kappa shape index (κ1) is 14.9. The number of para-hydroxylation sites is 1. The molecule has 0 bridgehead atoms. The number of esters is 1. The predicted octanol–water partition coefficient (Wildman–Crippen LogP) is 3.91. The fourth-order valence-corrected chi connectivity index (χ4v) is 2.50. The van der Waals surface area contributed by atoms with Gasteiger partial charge in [-0.1, -0.05) is 24.8 Å². The van der Waals surface area contributed by atoms with Crippen LogP contribution in [0.15, 0.2) is 67.3 Å². The zero-order chi connectivity index (χ0) is 16.2. The van der Waals surface area contributed by atoms with Gasteiger partial charge in [-0.3, -0.25) is 0 Å². The first-order chi connectivity index (χ1) is 11.2. The Kier molecular flexibility index (Phi) is 4.15. The molecule has 0 saturated carbocycles. The van der Waals surface area contributed by atoms with Gasteiger partial charge in [0, 0.05) is 29.7 Å². The van der Waals surface area contributed by atoms with Crippen LogP contribution >= 0.6 is 0 Å². The monoisotopic (exact) mass is 307 g/mol. The molecule has 23 heavy (non-hydrogen) atoms. The van der Waals surface area contributed by atoms with Crippen molar-refractivity contribution < 1.29 is 14.3 Å². The van der Waals surface area contributed by atoms with E-state index < -0.39 is 5.97 Å². The number of hydrogen-bond acceptors (Lipinski definition) is 3. The molecule has 116 valence electrons. The van der Waals surface area contributed by atoms with Crippen LogP contribution in [0, 0.1) is 0 Å². The molecule has 0 saturated heterocycles. The molecule has 0 unspecified atom stereocenters. The minimum Gasteiger partial charge on any atom is -0.457 e. The molecule has 2 aromatic carbocycles. The fraction of sp³-hybridized carbons (Fsp3) is 0.105. The number of hydrogen-bond donors (Lipinski definition) is 0. The molecule has 4 nitrogen and oxygen atoms in total. The highest BCUT2D eigenvalue weighted by Gasteiger charge is 2.07. The second kappa shape index (κ2) is 6.40. The second-order valence-electron chi connectivity index (χ2n) is 5.10. The van der Waals surface area contributed by atoms with Crippen LogP contribution in [0.1, 0.15) is 0 Å². The van der Waals surface area contributed by atoms with E-state index in [2.05, 4.69) is 36.4 Å². The van der Waals surface area contributed by atoms with E-state index in [0.717, 1.165) is 17.3 Å². The number of rotatable bonds is 5. The minimum absolute atomic E-state index is 0.127. The number of carbonyl (C=O) groups excluding carboxylic acids is 1. The highest BCUT2D eigenvalue weighted by Crippen LogP contribution is 2.28. The Morgan fingerprint density at radius 1 is 1.17 bits per heavy atom. The van der Waals surface area contributed by atoms with Crippen molar-refractivity contribution in [2.45, 2.75) is 0 Å². The number of aryl methyl sites for hydroxylation is 1. The normalized spacial score (nSPS) is 10.5. The molecule has 3 aromatic rings. The van der Waals surface area contributed by atoms with Crippen molar-refractivity contribution in [3.63, 3.8) is 0 Å². The quantitative estimate of drug-likeness (QED) is 0.407. The molecular formula is C19H17NO3. The molecule has 1 aromatic heterocycles. The number of aromatic nitrogens is 1. The molecule has 0 atom stereocenters. The van der Waals surface area contributed by atoms with Crippen LogP contribution in [0.4, 0.5) is 0 Å². The standard InChI is InChI=1S/C19H17NO3/c1-3-19(21)23-13-22-16-10-8-14(9-11-16)18-12-15-6-4-5-7-17(15)20(18)2/h3-12H,1,13H2,2H3. The maximum Gasteiger partial charge on any atom is 0.333 e. The largest absolute Gasteiger partial charge is 0.457 e. The van der Waals surface area contributed by atoms with Gasteiger partial charge >= 0.3 is 5.97 Å². The molecular weight excluding hydrogens is 290 g/mol. The average molecular weight is 307 g/mol. The van der Waals surface area contributed by atoms with Crippen molar-refractivity contribution in [1.29, 1.82) is 0 Å². The lowest BCUT2D eigenvalue weighted by Crippen LogP contribution is -2.07. The molecule has 0 fully saturated rings. The van der Waals surface area contributed by atoms with Crippen LogP contribution < -0.4 is 4.74 Å². The third-order valence-corrected chi connectivity index (χ3v) is 3.70. The third-order valence-electron chi connectivity index (χ3n) is 3.70. The van der Waals surface area contributed by atoms with Crippen molar-refractivity contribution in [2.75, 3.05) is 6.79 Å². The molecule has 0 radical (unpaired) electrons. The zero-order valence-electron chi connectivity index (χ0n) is 12.9. The van der Waals surface area contributed by atoms with E-state index in [1.54, 1.807) is 0 Å². The van der Waals surface area contributed by atoms with Crippen LogP contribution in [-0.4, -0.2) is 17.3 Å². The van der Waals surface area contributed by atoms with Gasteiger partial charge in [0.2, 0.25) is 6.79 Å². The number of benzene rings is 2. The molecule has 0 amide bonds. The molecule has 3 rings (SSSR count). The van der Waals surface area contributed by atoms with Crippen LogP contribution in [0.2, 0.25) is 0 Å². The highest BCUT2D eigenvalue weighted by molar-refractivity contribution is 5.87. The van der Waals surface area contributed by atoms with Gasteiger partial charge in [0.05, 0.1) is 0 Å². The Morgan fingerprint density at radius 2 is 1.91 bits per heavy atom. The second-order valence-corrected chi connectivity index (χ2v) is 5.10. The van der Waals surface area contributed by atoms with Crippen molar-refractivity contribution >= 4 is 16.9 Å². The summed E-state index contributed by atoms with van der Waals surface area (Å²) in [5.74, 6) is 0.140. The van der Waals surface area contributed by atoms with Gasteiger partial charge in [-0.2, -0.15) is 0 Å². The Balaban J connectivity index is 1.77. The molecule has 0 spiro atoms. The first-order valence-electron chi connectivity index (χ1n) is 7.26. The highest BCUT2D eigenvalue weighted by atomic mass is 16.7. The lowest BCUT2D eigenvalue weighted by molar-refractivity contribution is -0.144. The van der Waals surface area contributed by atoms with Crippen molar-refractivity contribution in [2.24, 2.45) is 7.05 Å². The number of carbonyl (C=O) groups is 1. The maximum absolute atomic E-state index is 10.9. The van der Waals surface area contributed by atoms with E-state index in [1.165, 1.54) is 10.9 Å². The van der Waals surface area contributed by atoms with E-state index in [9.17, 15) is 4.79 Å². The first-order valence-corrected chi connectivity index (χ1v) is 7.26. The van der Waals surface area contributed by atoms with Crippen LogP contribution in [0.25, 0.3) is 22.2 Å². The fourth-order valence-electron chi connectivity index (χ4n) is 2.50. The van der Waals surface area contributed by atoms with E-state index in [1.807, 2.05) is 36.4 Å². The molecule has 0 aliphatic rings. The Bertz CT molecular complexity index is 847. The molecule has 0 N–H and O–H groups in total. The van der Waals surface area contributed by atoms with E-state index in [4.69, 9.17) is 9.47 Å². The SMILES string of the molecule is C=CC(=O)OCOc1ccc(-c2cc3ccccc3n2C)cc1. The van der Waals surface area contributed by atoms with Gasteiger partial charge in [-0.25, -0.2) is 4.79 Å². The van der Waals surface area contributed by atoms with Crippen molar-refractivity contribution in [3.05, 3.63) is 67.3 Å². The molecule has 4 heteroatoms. The van der Waals surface area contributed by atoms with Gasteiger partial charge in [-0.05, 0) is 42.0 Å². The Labute approximate surface area is 134 Å². The predicted molar refractivity (Wildman–Crippen MR) is 90.1 cm³/mol. The van der Waals surface area contributed by atoms with E-state index in [0.29, 0.717) is 5.75 Å². The summed E-state index contributed by atoms with van der Waals surface area (Å²) in [7, 11) is 2.05. The number of fused-ring (bicyclic) bond motifs is 1. The van der Waals surface area contributed by atoms with Crippen LogP contribution in [-0.2, 0) is 16.6 Å². The zero-order valence-corrected chi connectivity index (χ0v) is 12.9. The summed E-state index contributed by atoms with van der Waals surface area (Å²) >= 11 is 0. The average Bonchev–Trinajstić information content (AvgIpc) is 2.93. The van der Waals surface area contributed by atoms with Gasteiger partial charge in [0.25, 0.3) is 0 Å². The Hall–Kier alpha value is -3.01. The number of ether oxygens (including phenoxy) is 2. The summed E-state index contributed by atoms with van der Waals surface area (Å²) in [6.07, 6.45) is 1.10. The third kappa shape index (κ3) is 3.11. The molecule has 0 aliphatic heterocycles. The maximum atomic E-state index is 10.9. The van der Waals surface area contributed by atoms with E-state index >= 15 is 0 Å². The lowest BCUT2D eigenvalue weighted by Gasteiger charge is -2.08. The summed E-state index contributed by atoms with van der Waals surface area (Å²) in [5.41, 5.74) is 3.43. The van der Waals surface area contributed by atoms with Gasteiger partial charge in [0.15, 0.2) is 0 Å². The van der Waals surface area contributed by atoms with Gasteiger partial charge in [-0.15, -0.1) is 0 Å². The summed E-state index contributed by atoms with van der Waals surface area (Å²) < 4.78 is 12.3. The van der Waals surface area contributed by atoms with Crippen LogP contribution in [0.3, 0.4) is 0 Å². The Morgan fingerprint density at radius 3 is 2.61 bits per heavy atom. The van der Waals surface area contributed by atoms with E-state index in [-0.39, 0.29) is 6.79 Å². The lowest BCUT2D eigenvalue weighted by atomic mass is 10.1. The summed E-state index contributed by atoms with van der Waals surface area (Å²) in [6, 6.07) is 18.1. The van der Waals surface area contributed by atoms with Crippen LogP contribution in [0.5, 0.6) is 5.75 Å². The van der Waals surface area contributed by atoms with Crippen molar-refractivity contribution in [1.82, 2.24) is 4.57 Å². The molecule has 1 heterocycles. The summed E-state index contributed by atoms with van der Waals surface area (Å²) in [4.78, 5) is 10.9. The minimum atomic E-state index is -0.503. The van der Waals surface area contributed by atoms with Gasteiger partial charge < -0.3 is 14.0 Å². The smallest absolute Gasteiger partial charge is 0.333 e. The summed E-state index contributed by atoms with van der Waals surface area (Å²) in [5, 5.41) is 1.21. The van der Waals surface area contributed by atoms with Gasteiger partial charge in [0.1, 0.15) is 5.75 Å². The number of nitrogens with zero attached hydrogens (tertiary/aromatic N) is 1. The topological polar surface area (TPSA) is 40.5 Å². The van der Waals surface area contributed by atoms with Crippen molar-refractivity contribution in [3.8, 4) is 17.0 Å². The molecule has 0 aliphatic carbocycles. The summed E-state index contributed by atoms with van der Waals surface area (Å²) in [6.45, 7) is 3.20.